The molecule has 0 fully saturated rings. The Morgan fingerprint density at radius 2 is 2.20 bits per heavy atom. The highest BCUT2D eigenvalue weighted by Crippen LogP contribution is 2.31. The van der Waals surface area contributed by atoms with Gasteiger partial charge in [0.15, 0.2) is 0 Å². The Labute approximate surface area is 128 Å². The van der Waals surface area contributed by atoms with E-state index in [-0.39, 0.29) is 6.04 Å². The molecular weight excluding hydrogens is 294 g/mol. The number of halogens is 1. The summed E-state index contributed by atoms with van der Waals surface area (Å²) in [6.45, 7) is 5.21. The summed E-state index contributed by atoms with van der Waals surface area (Å²) in [5, 5.41) is 12.7. The molecular formula is C13H20ClN5S. The van der Waals surface area contributed by atoms with Gasteiger partial charge in [-0.15, -0.1) is 5.10 Å². The first-order chi connectivity index (χ1) is 9.69. The van der Waals surface area contributed by atoms with Crippen LogP contribution in [0.25, 0.3) is 0 Å². The van der Waals surface area contributed by atoms with Crippen molar-refractivity contribution in [3.05, 3.63) is 27.5 Å². The van der Waals surface area contributed by atoms with Gasteiger partial charge in [0.2, 0.25) is 0 Å². The zero-order valence-electron chi connectivity index (χ0n) is 12.1. The van der Waals surface area contributed by atoms with Crippen LogP contribution in [0.4, 0.5) is 0 Å². The normalized spacial score (nSPS) is 12.8. The molecule has 0 aliphatic heterocycles. The van der Waals surface area contributed by atoms with E-state index < -0.39 is 0 Å². The fourth-order valence-electron chi connectivity index (χ4n) is 2.19. The van der Waals surface area contributed by atoms with E-state index in [0.717, 1.165) is 42.1 Å². The van der Waals surface area contributed by atoms with Crippen LogP contribution in [0.1, 0.15) is 49.0 Å². The minimum Gasteiger partial charge on any atom is -0.304 e. The largest absolute Gasteiger partial charge is 0.304 e. The number of rotatable bonds is 7. The monoisotopic (exact) mass is 313 g/mol. The van der Waals surface area contributed by atoms with Gasteiger partial charge in [0.1, 0.15) is 0 Å². The highest BCUT2D eigenvalue weighted by molar-refractivity contribution is 7.05. The van der Waals surface area contributed by atoms with Crippen molar-refractivity contribution in [1.82, 2.24) is 24.7 Å². The molecule has 2 aromatic rings. The van der Waals surface area contributed by atoms with Crippen molar-refractivity contribution >= 4 is 23.1 Å². The lowest BCUT2D eigenvalue weighted by atomic mass is 10.1. The van der Waals surface area contributed by atoms with E-state index in [1.54, 1.807) is 6.20 Å². The van der Waals surface area contributed by atoms with Crippen molar-refractivity contribution in [2.24, 2.45) is 7.05 Å². The van der Waals surface area contributed by atoms with Crippen LogP contribution >= 0.6 is 23.1 Å². The van der Waals surface area contributed by atoms with Gasteiger partial charge in [-0.1, -0.05) is 36.4 Å². The van der Waals surface area contributed by atoms with E-state index in [0.29, 0.717) is 5.02 Å². The van der Waals surface area contributed by atoms with Gasteiger partial charge in [-0.25, -0.2) is 0 Å². The summed E-state index contributed by atoms with van der Waals surface area (Å²) in [5.74, 6) is 0. The predicted molar refractivity (Wildman–Crippen MR) is 82.3 cm³/mol. The third-order valence-electron chi connectivity index (χ3n) is 3.14. The second-order valence-corrected chi connectivity index (χ2v) is 5.92. The molecule has 0 aliphatic carbocycles. The van der Waals surface area contributed by atoms with Crippen LogP contribution < -0.4 is 5.32 Å². The van der Waals surface area contributed by atoms with Crippen LogP contribution in [-0.4, -0.2) is 25.9 Å². The average Bonchev–Trinajstić information content (AvgIpc) is 3.01. The zero-order valence-corrected chi connectivity index (χ0v) is 13.6. The zero-order chi connectivity index (χ0) is 14.5. The summed E-state index contributed by atoms with van der Waals surface area (Å²) in [6.07, 6.45) is 4.73. The number of hydrogen-bond acceptors (Lipinski definition) is 5. The maximum atomic E-state index is 6.31. The van der Waals surface area contributed by atoms with E-state index in [1.807, 2.05) is 11.7 Å². The Hall–Kier alpha value is -0.980. The smallest absolute Gasteiger partial charge is 0.0892 e. The molecule has 5 nitrogen and oxygen atoms in total. The minimum absolute atomic E-state index is 0.0106. The Kier molecular flexibility index (Phi) is 5.51. The molecule has 2 rings (SSSR count). The van der Waals surface area contributed by atoms with Crippen LogP contribution in [0.2, 0.25) is 5.02 Å². The van der Waals surface area contributed by atoms with E-state index in [2.05, 4.69) is 33.8 Å². The fraction of sp³-hybridized carbons (Fsp3) is 0.615. The third kappa shape index (κ3) is 3.19. The van der Waals surface area contributed by atoms with Crippen LogP contribution in [0, 0.1) is 0 Å². The van der Waals surface area contributed by atoms with Gasteiger partial charge in [0.05, 0.1) is 33.5 Å². The number of aryl methyl sites for hydroxylation is 2. The molecule has 110 valence electrons. The molecule has 0 saturated carbocycles. The molecule has 20 heavy (non-hydrogen) atoms. The molecule has 0 aliphatic rings. The van der Waals surface area contributed by atoms with Gasteiger partial charge in [-0.05, 0) is 30.9 Å². The summed E-state index contributed by atoms with van der Waals surface area (Å²) < 4.78 is 5.94. The summed E-state index contributed by atoms with van der Waals surface area (Å²) >= 11 is 7.75. The highest BCUT2D eigenvalue weighted by Gasteiger charge is 2.25. The van der Waals surface area contributed by atoms with Crippen molar-refractivity contribution < 1.29 is 0 Å². The quantitative estimate of drug-likeness (QED) is 0.854. The number of nitrogens with zero attached hydrogens (tertiary/aromatic N) is 4. The van der Waals surface area contributed by atoms with E-state index in [4.69, 9.17) is 11.6 Å². The van der Waals surface area contributed by atoms with E-state index in [9.17, 15) is 0 Å². The second kappa shape index (κ2) is 7.15. The molecule has 0 aromatic carbocycles. The molecule has 0 spiro atoms. The number of hydrogen-bond donors (Lipinski definition) is 1. The topological polar surface area (TPSA) is 55.6 Å². The van der Waals surface area contributed by atoms with Crippen LogP contribution in [0.15, 0.2) is 6.20 Å². The molecule has 0 radical (unpaired) electrons. The molecule has 0 saturated heterocycles. The second-order valence-electron chi connectivity index (χ2n) is 4.72. The first kappa shape index (κ1) is 15.4. The molecule has 1 N–H and O–H groups in total. The molecule has 0 amide bonds. The molecule has 2 aromatic heterocycles. The Morgan fingerprint density at radius 1 is 1.40 bits per heavy atom. The first-order valence-corrected chi connectivity index (χ1v) is 8.06. The summed E-state index contributed by atoms with van der Waals surface area (Å²) in [6, 6.07) is 0.0106. The summed E-state index contributed by atoms with van der Waals surface area (Å²) in [5.41, 5.74) is 2.03. The van der Waals surface area contributed by atoms with Gasteiger partial charge in [-0.3, -0.25) is 4.68 Å². The standard InChI is InChI=1S/C13H20ClN5S/c1-4-6-10-13(20-18-17-10)11(15-7-5-2)12-9(14)8-16-19(12)3/h8,11,15H,4-7H2,1-3H3. The van der Waals surface area contributed by atoms with Crippen molar-refractivity contribution in [3.8, 4) is 0 Å². The lowest BCUT2D eigenvalue weighted by Crippen LogP contribution is -2.25. The number of aromatic nitrogens is 4. The van der Waals surface area contributed by atoms with Gasteiger partial charge >= 0.3 is 0 Å². The van der Waals surface area contributed by atoms with Gasteiger partial charge in [-0.2, -0.15) is 5.10 Å². The summed E-state index contributed by atoms with van der Waals surface area (Å²) in [4.78, 5) is 1.14. The predicted octanol–water partition coefficient (Wildman–Crippen LogP) is 2.97. The van der Waals surface area contributed by atoms with Gasteiger partial charge in [0.25, 0.3) is 0 Å². The van der Waals surface area contributed by atoms with Crippen LogP contribution in [-0.2, 0) is 13.5 Å². The molecule has 7 heteroatoms. The van der Waals surface area contributed by atoms with Crippen molar-refractivity contribution in [3.63, 3.8) is 0 Å². The Bertz CT molecular complexity index is 531. The third-order valence-corrected chi connectivity index (χ3v) is 4.27. The van der Waals surface area contributed by atoms with Gasteiger partial charge < -0.3 is 5.32 Å². The van der Waals surface area contributed by atoms with Gasteiger partial charge in [0, 0.05) is 7.05 Å². The molecule has 0 bridgehead atoms. The van der Waals surface area contributed by atoms with Crippen molar-refractivity contribution in [1.29, 1.82) is 0 Å². The van der Waals surface area contributed by atoms with E-state index in [1.165, 1.54) is 11.5 Å². The van der Waals surface area contributed by atoms with Crippen molar-refractivity contribution in [2.45, 2.75) is 39.2 Å². The average molecular weight is 314 g/mol. The first-order valence-electron chi connectivity index (χ1n) is 6.90. The Morgan fingerprint density at radius 3 is 2.80 bits per heavy atom. The maximum absolute atomic E-state index is 6.31. The summed E-state index contributed by atoms with van der Waals surface area (Å²) in [7, 11) is 1.91. The molecule has 1 atom stereocenters. The maximum Gasteiger partial charge on any atom is 0.0892 e. The SMILES string of the molecule is CCCNC(c1snnc1CCC)c1c(Cl)cnn1C. The number of nitrogens with one attached hydrogen (secondary N) is 1. The fourth-order valence-corrected chi connectivity index (χ4v) is 3.24. The Balaban J connectivity index is 2.39. The van der Waals surface area contributed by atoms with Crippen LogP contribution in [0.3, 0.4) is 0 Å². The lowest BCUT2D eigenvalue weighted by Gasteiger charge is -2.18. The highest BCUT2D eigenvalue weighted by atomic mass is 35.5. The molecule has 1 unspecified atom stereocenters. The van der Waals surface area contributed by atoms with Crippen molar-refractivity contribution in [2.75, 3.05) is 6.54 Å². The lowest BCUT2D eigenvalue weighted by molar-refractivity contribution is 0.555. The van der Waals surface area contributed by atoms with Crippen LogP contribution in [0.5, 0.6) is 0 Å². The minimum atomic E-state index is 0.0106. The van der Waals surface area contributed by atoms with E-state index >= 15 is 0 Å². The molecule has 2 heterocycles.